The van der Waals surface area contributed by atoms with Crippen molar-refractivity contribution in [2.75, 3.05) is 33.2 Å². The molecule has 2 aliphatic heterocycles. The largest absolute Gasteiger partial charge is 0.493 e. The Labute approximate surface area is 112 Å². The molecule has 1 saturated heterocycles. The van der Waals surface area contributed by atoms with E-state index in [9.17, 15) is 0 Å². The zero-order chi connectivity index (χ0) is 13.1. The normalized spacial score (nSPS) is 20.8. The van der Waals surface area contributed by atoms with Gasteiger partial charge in [-0.15, -0.1) is 0 Å². The molecule has 5 nitrogen and oxygen atoms in total. The molecule has 1 aromatic rings. The highest BCUT2D eigenvalue weighted by Crippen LogP contribution is 2.38. The van der Waals surface area contributed by atoms with Gasteiger partial charge in [0.15, 0.2) is 11.5 Å². The lowest BCUT2D eigenvalue weighted by atomic mass is 10.1. The number of hydrogen-bond donors (Lipinski definition) is 1. The van der Waals surface area contributed by atoms with E-state index < -0.39 is 0 Å². The number of rotatable bonds is 5. The maximum absolute atomic E-state index is 5.93. The van der Waals surface area contributed by atoms with Crippen molar-refractivity contribution < 1.29 is 18.9 Å². The molecule has 0 spiro atoms. The van der Waals surface area contributed by atoms with Crippen molar-refractivity contribution in [3.63, 3.8) is 0 Å². The highest BCUT2D eigenvalue weighted by Gasteiger charge is 2.20. The van der Waals surface area contributed by atoms with Gasteiger partial charge in [-0.25, -0.2) is 0 Å². The van der Waals surface area contributed by atoms with Crippen LogP contribution in [-0.4, -0.2) is 33.2 Å². The molecule has 1 unspecified atom stereocenters. The van der Waals surface area contributed by atoms with Gasteiger partial charge in [-0.2, -0.15) is 0 Å². The summed E-state index contributed by atoms with van der Waals surface area (Å²) in [6, 6.07) is 3.87. The molecule has 2 heterocycles. The first-order valence-corrected chi connectivity index (χ1v) is 6.70. The third kappa shape index (κ3) is 2.77. The third-order valence-corrected chi connectivity index (χ3v) is 3.47. The van der Waals surface area contributed by atoms with Crippen LogP contribution in [-0.2, 0) is 11.2 Å². The average Bonchev–Trinajstić information content (AvgIpc) is 3.07. The van der Waals surface area contributed by atoms with Crippen LogP contribution in [0.4, 0.5) is 0 Å². The highest BCUT2D eigenvalue weighted by atomic mass is 16.7. The number of nitrogens with two attached hydrogens (primary N) is 1. The van der Waals surface area contributed by atoms with Crippen LogP contribution >= 0.6 is 0 Å². The Morgan fingerprint density at radius 2 is 2.11 bits per heavy atom. The van der Waals surface area contributed by atoms with Crippen molar-refractivity contribution in [1.29, 1.82) is 0 Å². The highest BCUT2D eigenvalue weighted by molar-refractivity contribution is 5.52. The topological polar surface area (TPSA) is 62.9 Å². The lowest BCUT2D eigenvalue weighted by Crippen LogP contribution is -2.13. The SMILES string of the molecule is NCCc1cc2c(cc1OCC1CCOC1)OCO2. The smallest absolute Gasteiger partial charge is 0.231 e. The summed E-state index contributed by atoms with van der Waals surface area (Å²) in [4.78, 5) is 0. The zero-order valence-corrected chi connectivity index (χ0v) is 10.9. The first kappa shape index (κ1) is 12.6. The summed E-state index contributed by atoms with van der Waals surface area (Å²) in [7, 11) is 0. The fourth-order valence-corrected chi connectivity index (χ4v) is 2.37. The minimum Gasteiger partial charge on any atom is -0.493 e. The molecule has 1 fully saturated rings. The van der Waals surface area contributed by atoms with Gasteiger partial charge >= 0.3 is 0 Å². The molecule has 19 heavy (non-hydrogen) atoms. The van der Waals surface area contributed by atoms with Crippen molar-refractivity contribution >= 4 is 0 Å². The molecule has 0 aliphatic carbocycles. The van der Waals surface area contributed by atoms with Crippen molar-refractivity contribution in [3.05, 3.63) is 17.7 Å². The van der Waals surface area contributed by atoms with Gasteiger partial charge in [0.2, 0.25) is 6.79 Å². The standard InChI is InChI=1S/C14H19NO4/c15-3-1-11-5-13-14(19-9-18-13)6-12(11)17-8-10-2-4-16-7-10/h5-6,10H,1-4,7-9,15H2. The summed E-state index contributed by atoms with van der Waals surface area (Å²) in [5, 5.41) is 0. The van der Waals surface area contributed by atoms with E-state index in [1.165, 1.54) is 0 Å². The van der Waals surface area contributed by atoms with Crippen LogP contribution < -0.4 is 19.9 Å². The molecular weight excluding hydrogens is 246 g/mol. The molecule has 0 aromatic heterocycles. The van der Waals surface area contributed by atoms with Gasteiger partial charge < -0.3 is 24.7 Å². The molecule has 2 N–H and O–H groups in total. The predicted octanol–water partition coefficient (Wildman–Crippen LogP) is 1.33. The van der Waals surface area contributed by atoms with E-state index in [-0.39, 0.29) is 6.79 Å². The molecule has 104 valence electrons. The average molecular weight is 265 g/mol. The summed E-state index contributed by atoms with van der Waals surface area (Å²) in [5.41, 5.74) is 6.72. The molecule has 3 rings (SSSR count). The molecule has 2 aliphatic rings. The van der Waals surface area contributed by atoms with Gasteiger partial charge in [-0.3, -0.25) is 0 Å². The van der Waals surface area contributed by atoms with Gasteiger partial charge in [0.25, 0.3) is 0 Å². The monoisotopic (exact) mass is 265 g/mol. The van der Waals surface area contributed by atoms with Gasteiger partial charge in [0, 0.05) is 18.6 Å². The number of ether oxygens (including phenoxy) is 4. The Kier molecular flexibility index (Phi) is 3.75. The molecule has 0 saturated carbocycles. The second-order valence-corrected chi connectivity index (χ2v) is 4.89. The predicted molar refractivity (Wildman–Crippen MR) is 69.7 cm³/mol. The van der Waals surface area contributed by atoms with Crippen LogP contribution in [0.15, 0.2) is 12.1 Å². The van der Waals surface area contributed by atoms with Crippen LogP contribution in [0, 0.1) is 5.92 Å². The lowest BCUT2D eigenvalue weighted by Gasteiger charge is -2.14. The Bertz CT molecular complexity index is 443. The zero-order valence-electron chi connectivity index (χ0n) is 10.9. The molecule has 1 aromatic carbocycles. The van der Waals surface area contributed by atoms with Crippen LogP contribution in [0.2, 0.25) is 0 Å². The molecular formula is C14H19NO4. The summed E-state index contributed by atoms with van der Waals surface area (Å²) < 4.78 is 22.0. The van der Waals surface area contributed by atoms with E-state index in [0.717, 1.165) is 48.9 Å². The van der Waals surface area contributed by atoms with Crippen LogP contribution in [0.5, 0.6) is 17.2 Å². The Balaban J connectivity index is 1.73. The van der Waals surface area contributed by atoms with E-state index in [4.69, 9.17) is 24.7 Å². The van der Waals surface area contributed by atoms with E-state index in [1.54, 1.807) is 0 Å². The van der Waals surface area contributed by atoms with Crippen LogP contribution in [0.25, 0.3) is 0 Å². The maximum Gasteiger partial charge on any atom is 0.231 e. The van der Waals surface area contributed by atoms with Gasteiger partial charge in [0.05, 0.1) is 13.2 Å². The molecule has 0 amide bonds. The molecule has 1 atom stereocenters. The second-order valence-electron chi connectivity index (χ2n) is 4.89. The van der Waals surface area contributed by atoms with Crippen LogP contribution in [0.1, 0.15) is 12.0 Å². The van der Waals surface area contributed by atoms with E-state index >= 15 is 0 Å². The minimum atomic E-state index is 0.275. The number of benzene rings is 1. The van der Waals surface area contributed by atoms with E-state index in [0.29, 0.717) is 19.1 Å². The summed E-state index contributed by atoms with van der Waals surface area (Å²) in [6.07, 6.45) is 1.84. The Hall–Kier alpha value is -1.46. The van der Waals surface area contributed by atoms with Gasteiger partial charge in [-0.1, -0.05) is 0 Å². The summed E-state index contributed by atoms with van der Waals surface area (Å²) in [5.74, 6) is 2.86. The number of hydrogen-bond acceptors (Lipinski definition) is 5. The maximum atomic E-state index is 5.93. The first-order chi connectivity index (χ1) is 9.36. The van der Waals surface area contributed by atoms with Crippen molar-refractivity contribution in [2.24, 2.45) is 11.7 Å². The lowest BCUT2D eigenvalue weighted by molar-refractivity contribution is 0.166. The second kappa shape index (κ2) is 5.67. The van der Waals surface area contributed by atoms with Gasteiger partial charge in [-0.05, 0) is 31.0 Å². The Morgan fingerprint density at radius 1 is 1.26 bits per heavy atom. The molecule has 0 bridgehead atoms. The van der Waals surface area contributed by atoms with Crippen molar-refractivity contribution in [2.45, 2.75) is 12.8 Å². The quantitative estimate of drug-likeness (QED) is 0.870. The summed E-state index contributed by atoms with van der Waals surface area (Å²) in [6.45, 7) is 3.17. The number of fused-ring (bicyclic) bond motifs is 1. The fourth-order valence-electron chi connectivity index (χ4n) is 2.37. The summed E-state index contributed by atoms with van der Waals surface area (Å²) >= 11 is 0. The first-order valence-electron chi connectivity index (χ1n) is 6.70. The minimum absolute atomic E-state index is 0.275. The van der Waals surface area contributed by atoms with Crippen LogP contribution in [0.3, 0.4) is 0 Å². The third-order valence-electron chi connectivity index (χ3n) is 3.47. The Morgan fingerprint density at radius 3 is 2.84 bits per heavy atom. The van der Waals surface area contributed by atoms with E-state index in [2.05, 4.69) is 0 Å². The molecule has 0 radical (unpaired) electrons. The van der Waals surface area contributed by atoms with E-state index in [1.807, 2.05) is 12.1 Å². The van der Waals surface area contributed by atoms with Crippen molar-refractivity contribution in [1.82, 2.24) is 0 Å². The molecule has 5 heteroatoms. The fraction of sp³-hybridized carbons (Fsp3) is 0.571. The van der Waals surface area contributed by atoms with Gasteiger partial charge in [0.1, 0.15) is 5.75 Å². The van der Waals surface area contributed by atoms with Crippen molar-refractivity contribution in [3.8, 4) is 17.2 Å².